The average molecular weight is 478 g/mol. The first-order valence-corrected chi connectivity index (χ1v) is 12.5. The van der Waals surface area contributed by atoms with Crippen LogP contribution in [0.4, 0.5) is 0 Å². The molecule has 0 radical (unpaired) electrons. The van der Waals surface area contributed by atoms with E-state index in [2.05, 4.69) is 104 Å². The fourth-order valence-electron chi connectivity index (χ4n) is 4.42. The lowest BCUT2D eigenvalue weighted by molar-refractivity contribution is 0.250. The van der Waals surface area contributed by atoms with E-state index in [1.165, 1.54) is 17.0 Å². The molecule has 0 unspecified atom stereocenters. The minimum atomic E-state index is 0.671. The van der Waals surface area contributed by atoms with Crippen LogP contribution in [0.2, 0.25) is 0 Å². The number of rotatable bonds is 10. The van der Waals surface area contributed by atoms with Gasteiger partial charge in [-0.1, -0.05) is 104 Å². The second kappa shape index (κ2) is 11.4. The molecule has 4 aromatic rings. The number of nitrogens with zero attached hydrogens (tertiary/aromatic N) is 6. The maximum absolute atomic E-state index is 4.94. The van der Waals surface area contributed by atoms with Gasteiger partial charge < -0.3 is 4.90 Å². The monoisotopic (exact) mass is 477 g/mol. The zero-order chi connectivity index (χ0) is 24.6. The number of hydrazone groups is 1. The van der Waals surface area contributed by atoms with Crippen LogP contribution in [-0.4, -0.2) is 49.6 Å². The van der Waals surface area contributed by atoms with E-state index in [0.717, 1.165) is 55.7 Å². The van der Waals surface area contributed by atoms with E-state index in [1.807, 2.05) is 24.3 Å². The molecule has 0 fully saturated rings. The molecule has 3 aromatic carbocycles. The van der Waals surface area contributed by atoms with E-state index in [4.69, 9.17) is 5.10 Å². The summed E-state index contributed by atoms with van der Waals surface area (Å²) in [6, 6.07) is 27.4. The SMILES string of the molecule is CCCCC1=NN(C/C=C/c2ccccc2)CN1Cc1ccc(-c2ccccc2-c2nnn[nH]2)cc1. The van der Waals surface area contributed by atoms with Gasteiger partial charge in [0, 0.05) is 18.5 Å². The highest BCUT2D eigenvalue weighted by Crippen LogP contribution is 2.30. The van der Waals surface area contributed by atoms with Crippen molar-refractivity contribution in [2.45, 2.75) is 32.7 Å². The van der Waals surface area contributed by atoms with E-state index in [9.17, 15) is 0 Å². The molecule has 0 saturated heterocycles. The number of hydrogen-bond donors (Lipinski definition) is 1. The van der Waals surface area contributed by atoms with Crippen LogP contribution in [0.1, 0.15) is 37.3 Å². The minimum Gasteiger partial charge on any atom is -0.335 e. The van der Waals surface area contributed by atoms with Gasteiger partial charge in [0.25, 0.3) is 0 Å². The van der Waals surface area contributed by atoms with Crippen molar-refractivity contribution in [1.82, 2.24) is 30.5 Å². The number of nitrogens with one attached hydrogen (secondary N) is 1. The smallest absolute Gasteiger partial charge is 0.180 e. The maximum Gasteiger partial charge on any atom is 0.180 e. The Morgan fingerprint density at radius 2 is 1.69 bits per heavy atom. The van der Waals surface area contributed by atoms with E-state index < -0.39 is 0 Å². The third-order valence-corrected chi connectivity index (χ3v) is 6.30. The average Bonchev–Trinajstić information content (AvgIpc) is 3.59. The molecule has 5 rings (SSSR count). The lowest BCUT2D eigenvalue weighted by Crippen LogP contribution is -2.30. The van der Waals surface area contributed by atoms with Crippen molar-refractivity contribution in [3.05, 3.63) is 96.1 Å². The Morgan fingerprint density at radius 1 is 0.917 bits per heavy atom. The normalized spacial score (nSPS) is 13.5. The first-order chi connectivity index (χ1) is 17.8. The van der Waals surface area contributed by atoms with E-state index in [0.29, 0.717) is 5.82 Å². The van der Waals surface area contributed by atoms with Crippen LogP contribution in [0.25, 0.3) is 28.6 Å². The molecule has 0 aliphatic carbocycles. The van der Waals surface area contributed by atoms with Crippen molar-refractivity contribution in [3.8, 4) is 22.5 Å². The maximum atomic E-state index is 4.94. The zero-order valence-corrected chi connectivity index (χ0v) is 20.6. The van der Waals surface area contributed by atoms with Gasteiger partial charge in [-0.25, -0.2) is 5.10 Å². The van der Waals surface area contributed by atoms with Crippen LogP contribution in [0.5, 0.6) is 0 Å². The Labute approximate surface area is 212 Å². The van der Waals surface area contributed by atoms with Crippen molar-refractivity contribution in [1.29, 1.82) is 0 Å². The van der Waals surface area contributed by atoms with Gasteiger partial charge in [-0.15, -0.1) is 5.10 Å². The van der Waals surface area contributed by atoms with Crippen molar-refractivity contribution >= 4 is 11.9 Å². The Bertz CT molecular complexity index is 1300. The predicted octanol–water partition coefficient (Wildman–Crippen LogP) is 5.83. The molecule has 2 heterocycles. The van der Waals surface area contributed by atoms with Gasteiger partial charge in [-0.05, 0) is 39.1 Å². The Hall–Kier alpha value is -4.26. The lowest BCUT2D eigenvalue weighted by atomic mass is 9.98. The minimum absolute atomic E-state index is 0.671. The topological polar surface area (TPSA) is 73.3 Å². The summed E-state index contributed by atoms with van der Waals surface area (Å²) in [7, 11) is 0. The van der Waals surface area contributed by atoms with Gasteiger partial charge in [0.2, 0.25) is 0 Å². The van der Waals surface area contributed by atoms with Gasteiger partial charge in [0.05, 0.1) is 6.54 Å². The van der Waals surface area contributed by atoms with Crippen molar-refractivity contribution < 1.29 is 0 Å². The number of aromatic amines is 1. The van der Waals surface area contributed by atoms with Crippen LogP contribution in [0, 0.1) is 0 Å². The summed E-state index contributed by atoms with van der Waals surface area (Å²) in [5, 5.41) is 21.5. The summed E-state index contributed by atoms with van der Waals surface area (Å²) < 4.78 is 0. The van der Waals surface area contributed by atoms with Crippen LogP contribution >= 0.6 is 0 Å². The van der Waals surface area contributed by atoms with Gasteiger partial charge in [-0.2, -0.15) is 5.10 Å². The predicted molar refractivity (Wildman–Crippen MR) is 145 cm³/mol. The molecule has 0 amide bonds. The highest BCUT2D eigenvalue weighted by atomic mass is 15.6. The quantitative estimate of drug-likeness (QED) is 0.311. The molecule has 0 atom stereocenters. The number of benzene rings is 3. The summed E-state index contributed by atoms with van der Waals surface area (Å²) in [5.74, 6) is 1.85. The highest BCUT2D eigenvalue weighted by Gasteiger charge is 2.22. The fourth-order valence-corrected chi connectivity index (χ4v) is 4.42. The molecule has 0 bridgehead atoms. The summed E-state index contributed by atoms with van der Waals surface area (Å²) in [6.45, 7) is 4.68. The van der Waals surface area contributed by atoms with Crippen molar-refractivity contribution in [2.75, 3.05) is 13.2 Å². The first kappa shape index (κ1) is 23.5. The molecule has 182 valence electrons. The van der Waals surface area contributed by atoms with Crippen LogP contribution < -0.4 is 0 Å². The Balaban J connectivity index is 1.27. The van der Waals surface area contributed by atoms with Crippen LogP contribution in [0.15, 0.2) is 90.0 Å². The number of H-pyrrole nitrogens is 1. The molecular weight excluding hydrogens is 446 g/mol. The molecule has 7 heteroatoms. The third kappa shape index (κ3) is 5.68. The van der Waals surface area contributed by atoms with Crippen molar-refractivity contribution in [3.63, 3.8) is 0 Å². The van der Waals surface area contributed by atoms with Crippen molar-refractivity contribution in [2.24, 2.45) is 5.10 Å². The first-order valence-electron chi connectivity index (χ1n) is 12.5. The molecular formula is C29H31N7. The fraction of sp³-hybridized carbons (Fsp3) is 0.241. The molecule has 0 saturated carbocycles. The van der Waals surface area contributed by atoms with Gasteiger partial charge >= 0.3 is 0 Å². The summed E-state index contributed by atoms with van der Waals surface area (Å²) in [5.41, 5.74) is 5.71. The number of hydrogen-bond acceptors (Lipinski definition) is 6. The molecule has 1 aliphatic heterocycles. The molecule has 36 heavy (non-hydrogen) atoms. The van der Waals surface area contributed by atoms with E-state index in [1.54, 1.807) is 0 Å². The summed E-state index contributed by atoms with van der Waals surface area (Å²) in [6.07, 6.45) is 7.67. The second-order valence-electron chi connectivity index (χ2n) is 8.95. The van der Waals surface area contributed by atoms with E-state index in [-0.39, 0.29) is 0 Å². The van der Waals surface area contributed by atoms with E-state index >= 15 is 0 Å². The van der Waals surface area contributed by atoms with Gasteiger partial charge in [-0.3, -0.25) is 5.01 Å². The number of unbranched alkanes of at least 4 members (excludes halogenated alkanes) is 1. The van der Waals surface area contributed by atoms with Gasteiger partial charge in [0.1, 0.15) is 12.5 Å². The Morgan fingerprint density at radius 3 is 2.44 bits per heavy atom. The summed E-state index contributed by atoms with van der Waals surface area (Å²) >= 11 is 0. The molecule has 1 aromatic heterocycles. The molecule has 0 spiro atoms. The summed E-state index contributed by atoms with van der Waals surface area (Å²) in [4.78, 5) is 2.40. The number of tetrazole rings is 1. The zero-order valence-electron chi connectivity index (χ0n) is 20.6. The second-order valence-corrected chi connectivity index (χ2v) is 8.95. The molecule has 7 nitrogen and oxygen atoms in total. The van der Waals surface area contributed by atoms with Gasteiger partial charge in [0.15, 0.2) is 5.82 Å². The van der Waals surface area contributed by atoms with Crippen LogP contribution in [-0.2, 0) is 6.54 Å². The number of amidine groups is 1. The van der Waals surface area contributed by atoms with Crippen LogP contribution in [0.3, 0.4) is 0 Å². The Kier molecular flexibility index (Phi) is 7.46. The molecule has 1 N–H and O–H groups in total. The largest absolute Gasteiger partial charge is 0.335 e. The lowest BCUT2D eigenvalue weighted by Gasteiger charge is -2.21. The standard InChI is InChI=1S/C29H31N7/c1-2-3-15-28-32-36(20-9-12-23-10-5-4-6-11-23)22-35(28)21-24-16-18-25(19-17-24)26-13-7-8-14-27(26)29-30-33-34-31-29/h4-14,16-19H,2-3,15,20-22H2,1H3,(H,30,31,33,34)/b12-9+. The number of aromatic nitrogens is 4. The molecule has 1 aliphatic rings. The highest BCUT2D eigenvalue weighted by molar-refractivity contribution is 5.83. The third-order valence-electron chi connectivity index (χ3n) is 6.30.